The Morgan fingerprint density at radius 2 is 1.70 bits per heavy atom. The van der Waals surface area contributed by atoms with E-state index < -0.39 is 0 Å². The second-order valence-electron chi connectivity index (χ2n) is 6.86. The van der Waals surface area contributed by atoms with E-state index in [0.717, 1.165) is 22.3 Å². The molecule has 3 rings (SSSR count). The fraction of sp³-hybridized carbons (Fsp3) is 0.364. The molecule has 2 heterocycles. The summed E-state index contributed by atoms with van der Waals surface area (Å²) in [6, 6.07) is 8.18. The minimum absolute atomic E-state index is 0.00220. The molecule has 0 saturated carbocycles. The van der Waals surface area contributed by atoms with Gasteiger partial charge in [-0.2, -0.15) is 0 Å². The van der Waals surface area contributed by atoms with Crippen LogP contribution in [0.2, 0.25) is 0 Å². The topological polar surface area (TPSA) is 49.4 Å². The molecule has 1 aliphatic rings. The van der Waals surface area contributed by atoms with Crippen molar-refractivity contribution in [3.8, 4) is 0 Å². The molecule has 0 aliphatic carbocycles. The molecule has 0 spiro atoms. The number of nitrogens with zero attached hydrogens (tertiary/aromatic N) is 1. The van der Waals surface area contributed by atoms with Gasteiger partial charge in [0.15, 0.2) is 5.78 Å². The van der Waals surface area contributed by atoms with E-state index in [-0.39, 0.29) is 17.6 Å². The summed E-state index contributed by atoms with van der Waals surface area (Å²) in [6.07, 6.45) is 0. The first-order valence-corrected chi connectivity index (χ1v) is 10.2. The van der Waals surface area contributed by atoms with E-state index in [4.69, 9.17) is 0 Å². The van der Waals surface area contributed by atoms with Crippen molar-refractivity contribution in [2.45, 2.75) is 40.5 Å². The molecule has 1 aromatic heterocycles. The summed E-state index contributed by atoms with van der Waals surface area (Å²) >= 11 is 1.66. The molecule has 1 aliphatic heterocycles. The molecule has 1 atom stereocenters. The van der Waals surface area contributed by atoms with Gasteiger partial charge in [-0.3, -0.25) is 9.59 Å². The number of dihydropyridines is 1. The fourth-order valence-electron chi connectivity index (χ4n) is 3.96. The molecule has 27 heavy (non-hydrogen) atoms. The molecule has 142 valence electrons. The summed E-state index contributed by atoms with van der Waals surface area (Å²) < 4.78 is 1.17. The summed E-state index contributed by atoms with van der Waals surface area (Å²) in [5, 5.41) is 6.49. The molecule has 1 aromatic carbocycles. The van der Waals surface area contributed by atoms with Crippen molar-refractivity contribution in [2.75, 3.05) is 13.1 Å². The molecule has 5 heteroatoms. The molecule has 1 unspecified atom stereocenters. The highest BCUT2D eigenvalue weighted by Gasteiger charge is 2.37. The second kappa shape index (κ2) is 7.69. The zero-order valence-corrected chi connectivity index (χ0v) is 17.4. The SMILES string of the molecule is CCN(CC)C(=O)C1=C(C)NC(C)=C(C(C)=O)C1c1csc2ccccc12. The van der Waals surface area contributed by atoms with E-state index >= 15 is 0 Å². The Bertz CT molecular complexity index is 964. The maximum absolute atomic E-state index is 13.4. The van der Waals surface area contributed by atoms with E-state index in [0.29, 0.717) is 24.2 Å². The van der Waals surface area contributed by atoms with Crippen LogP contribution in [-0.2, 0) is 9.59 Å². The van der Waals surface area contributed by atoms with E-state index in [1.807, 2.05) is 44.7 Å². The quantitative estimate of drug-likeness (QED) is 0.823. The van der Waals surface area contributed by atoms with Crippen LogP contribution in [0.5, 0.6) is 0 Å². The molecule has 4 nitrogen and oxygen atoms in total. The average Bonchev–Trinajstić information content (AvgIpc) is 3.05. The number of hydrogen-bond donors (Lipinski definition) is 1. The maximum atomic E-state index is 13.4. The van der Waals surface area contributed by atoms with Gasteiger partial charge in [0.25, 0.3) is 5.91 Å². The molecule has 0 bridgehead atoms. The highest BCUT2D eigenvalue weighted by atomic mass is 32.1. The fourth-order valence-corrected chi connectivity index (χ4v) is 4.95. The number of likely N-dealkylation sites (N-methyl/N-ethyl adjacent to an activating group) is 1. The number of ketones is 1. The Morgan fingerprint density at radius 3 is 2.33 bits per heavy atom. The Kier molecular flexibility index (Phi) is 5.51. The van der Waals surface area contributed by atoms with Crippen LogP contribution in [0.25, 0.3) is 10.1 Å². The van der Waals surface area contributed by atoms with Crippen LogP contribution < -0.4 is 5.32 Å². The first kappa shape index (κ1) is 19.4. The van der Waals surface area contributed by atoms with Crippen molar-refractivity contribution < 1.29 is 9.59 Å². The Hall–Kier alpha value is -2.40. The van der Waals surface area contributed by atoms with Gasteiger partial charge in [-0.15, -0.1) is 11.3 Å². The van der Waals surface area contributed by atoms with Gasteiger partial charge < -0.3 is 10.2 Å². The third-order valence-corrected chi connectivity index (χ3v) is 6.22. The van der Waals surface area contributed by atoms with Crippen LogP contribution in [0.1, 0.15) is 46.1 Å². The molecule has 1 amide bonds. The van der Waals surface area contributed by atoms with Gasteiger partial charge in [0.2, 0.25) is 0 Å². The normalized spacial score (nSPS) is 17.3. The number of fused-ring (bicyclic) bond motifs is 1. The number of benzene rings is 1. The van der Waals surface area contributed by atoms with Crippen molar-refractivity contribution in [3.63, 3.8) is 0 Å². The van der Waals surface area contributed by atoms with Gasteiger partial charge in [0, 0.05) is 46.2 Å². The Balaban J connectivity index is 2.26. The number of carbonyl (C=O) groups excluding carboxylic acids is 2. The number of carbonyl (C=O) groups is 2. The number of amides is 1. The van der Waals surface area contributed by atoms with Crippen LogP contribution in [0.4, 0.5) is 0 Å². The maximum Gasteiger partial charge on any atom is 0.252 e. The Labute approximate surface area is 164 Å². The van der Waals surface area contributed by atoms with Crippen molar-refractivity contribution in [1.29, 1.82) is 0 Å². The second-order valence-corrected chi connectivity index (χ2v) is 7.77. The van der Waals surface area contributed by atoms with Crippen LogP contribution in [-0.4, -0.2) is 29.7 Å². The molecule has 0 saturated heterocycles. The van der Waals surface area contributed by atoms with E-state index in [1.54, 1.807) is 18.3 Å². The van der Waals surface area contributed by atoms with Gasteiger partial charge in [-0.05, 0) is 57.0 Å². The number of thiophene rings is 1. The molecule has 2 aromatic rings. The molecular formula is C22H26N2O2S. The van der Waals surface area contributed by atoms with Crippen LogP contribution in [0.3, 0.4) is 0 Å². The summed E-state index contributed by atoms with van der Waals surface area (Å²) in [6.45, 7) is 10.7. The highest BCUT2D eigenvalue weighted by molar-refractivity contribution is 7.17. The lowest BCUT2D eigenvalue weighted by atomic mass is 9.78. The first-order valence-electron chi connectivity index (χ1n) is 9.35. The predicted molar refractivity (Wildman–Crippen MR) is 112 cm³/mol. The van der Waals surface area contributed by atoms with E-state index in [2.05, 4.69) is 22.8 Å². The van der Waals surface area contributed by atoms with Crippen molar-refractivity contribution >= 4 is 33.1 Å². The molecule has 1 N–H and O–H groups in total. The molecular weight excluding hydrogens is 356 g/mol. The largest absolute Gasteiger partial charge is 0.362 e. The van der Waals surface area contributed by atoms with E-state index in [9.17, 15) is 9.59 Å². The van der Waals surface area contributed by atoms with Crippen LogP contribution in [0, 0.1) is 0 Å². The zero-order chi connectivity index (χ0) is 19.7. The lowest BCUT2D eigenvalue weighted by molar-refractivity contribution is -0.127. The summed E-state index contributed by atoms with van der Waals surface area (Å²) in [5.41, 5.74) is 4.06. The first-order chi connectivity index (χ1) is 12.9. The highest BCUT2D eigenvalue weighted by Crippen LogP contribution is 2.43. The molecule has 0 fully saturated rings. The third-order valence-electron chi connectivity index (χ3n) is 5.24. The number of allylic oxidation sites excluding steroid dienone is 3. The minimum Gasteiger partial charge on any atom is -0.362 e. The third kappa shape index (κ3) is 3.32. The summed E-state index contributed by atoms with van der Waals surface area (Å²) in [7, 11) is 0. The number of nitrogens with one attached hydrogen (secondary N) is 1. The van der Waals surface area contributed by atoms with Gasteiger partial charge in [0.05, 0.1) is 0 Å². The van der Waals surface area contributed by atoms with Gasteiger partial charge in [-0.1, -0.05) is 18.2 Å². The standard InChI is InChI=1S/C22H26N2O2S/c1-6-24(7-2)22(26)20-14(4)23-13(3)19(15(5)25)21(20)17-12-27-18-11-9-8-10-16(17)18/h8-12,21,23H,6-7H2,1-5H3. The smallest absolute Gasteiger partial charge is 0.252 e. The van der Waals surface area contributed by atoms with Crippen molar-refractivity contribution in [2.24, 2.45) is 0 Å². The summed E-state index contributed by atoms with van der Waals surface area (Å²) in [4.78, 5) is 27.8. The monoisotopic (exact) mass is 382 g/mol. The number of hydrogen-bond acceptors (Lipinski definition) is 4. The zero-order valence-electron chi connectivity index (χ0n) is 16.6. The number of Topliss-reactive ketones (excluding diaryl/α,β-unsaturated/α-hetero) is 1. The summed E-state index contributed by atoms with van der Waals surface area (Å²) in [5.74, 6) is -0.345. The lowest BCUT2D eigenvalue weighted by Crippen LogP contribution is -2.38. The van der Waals surface area contributed by atoms with Gasteiger partial charge >= 0.3 is 0 Å². The van der Waals surface area contributed by atoms with Crippen LogP contribution in [0.15, 0.2) is 52.2 Å². The average molecular weight is 383 g/mol. The lowest BCUT2D eigenvalue weighted by Gasteiger charge is -2.33. The molecule has 0 radical (unpaired) electrons. The van der Waals surface area contributed by atoms with Gasteiger partial charge in [-0.25, -0.2) is 0 Å². The number of rotatable bonds is 5. The van der Waals surface area contributed by atoms with Crippen molar-refractivity contribution in [3.05, 3.63) is 57.7 Å². The predicted octanol–water partition coefficient (Wildman–Crippen LogP) is 4.59. The minimum atomic E-state index is -0.340. The van der Waals surface area contributed by atoms with Crippen LogP contribution >= 0.6 is 11.3 Å². The van der Waals surface area contributed by atoms with E-state index in [1.165, 1.54) is 4.70 Å². The van der Waals surface area contributed by atoms with Crippen molar-refractivity contribution in [1.82, 2.24) is 10.2 Å². The van der Waals surface area contributed by atoms with Gasteiger partial charge in [0.1, 0.15) is 0 Å². The Morgan fingerprint density at radius 1 is 1.07 bits per heavy atom.